The van der Waals surface area contributed by atoms with Crippen LogP contribution in [0.1, 0.15) is 30.1 Å². The fourth-order valence-electron chi connectivity index (χ4n) is 2.88. The van der Waals surface area contributed by atoms with E-state index in [1.54, 1.807) is 35.6 Å². The molecule has 1 saturated heterocycles. The Morgan fingerprint density at radius 2 is 2.12 bits per heavy atom. The predicted octanol–water partition coefficient (Wildman–Crippen LogP) is 2.50. The third kappa shape index (κ3) is 3.91. The van der Waals surface area contributed by atoms with E-state index in [4.69, 9.17) is 0 Å². The molecule has 0 radical (unpaired) electrons. The van der Waals surface area contributed by atoms with Gasteiger partial charge in [0.2, 0.25) is 5.91 Å². The zero-order chi connectivity index (χ0) is 16.9. The van der Waals surface area contributed by atoms with Crippen LogP contribution in [0.15, 0.2) is 35.8 Å². The molecule has 1 aromatic heterocycles. The lowest BCUT2D eigenvalue weighted by Crippen LogP contribution is -2.40. The maximum Gasteiger partial charge on any atom is 0.251 e. The van der Waals surface area contributed by atoms with E-state index in [2.05, 4.69) is 20.5 Å². The van der Waals surface area contributed by atoms with Gasteiger partial charge in [-0.3, -0.25) is 9.59 Å². The van der Waals surface area contributed by atoms with Gasteiger partial charge in [0.25, 0.3) is 5.91 Å². The number of anilines is 2. The monoisotopic (exact) mass is 344 g/mol. The summed E-state index contributed by atoms with van der Waals surface area (Å²) >= 11 is 1.63. The SMILES string of the molecule is CC(=O)Nc1ccc(C(=O)NCC2CCCN2c2nccs2)cc1. The molecule has 3 rings (SSSR count). The van der Waals surface area contributed by atoms with Crippen molar-refractivity contribution in [3.8, 4) is 0 Å². The first-order valence-corrected chi connectivity index (χ1v) is 8.83. The van der Waals surface area contributed by atoms with Crippen LogP contribution in [0.3, 0.4) is 0 Å². The van der Waals surface area contributed by atoms with Gasteiger partial charge in [-0.15, -0.1) is 11.3 Å². The summed E-state index contributed by atoms with van der Waals surface area (Å²) in [6.45, 7) is 3.04. The molecule has 6 nitrogen and oxygen atoms in total. The Kier molecular flexibility index (Phi) is 5.10. The maximum absolute atomic E-state index is 12.3. The first-order valence-electron chi connectivity index (χ1n) is 7.95. The standard InChI is InChI=1S/C17H20N4O2S/c1-12(22)20-14-6-4-13(5-7-14)16(23)19-11-15-3-2-9-21(15)17-18-8-10-24-17/h4-8,10,15H,2-3,9,11H2,1H3,(H,19,23)(H,20,22). The third-order valence-electron chi connectivity index (χ3n) is 4.01. The number of nitrogens with one attached hydrogen (secondary N) is 2. The second-order valence-electron chi connectivity index (χ2n) is 5.77. The zero-order valence-electron chi connectivity index (χ0n) is 13.5. The number of nitrogens with zero attached hydrogens (tertiary/aromatic N) is 2. The lowest BCUT2D eigenvalue weighted by atomic mass is 10.1. The summed E-state index contributed by atoms with van der Waals surface area (Å²) in [6, 6.07) is 7.18. The molecular formula is C17H20N4O2S. The Labute approximate surface area is 144 Å². The number of carbonyl (C=O) groups is 2. The first kappa shape index (κ1) is 16.4. The molecule has 0 spiro atoms. The Balaban J connectivity index is 1.56. The topological polar surface area (TPSA) is 74.3 Å². The van der Waals surface area contributed by atoms with Gasteiger partial charge in [-0.2, -0.15) is 0 Å². The van der Waals surface area contributed by atoms with Crippen molar-refractivity contribution in [1.29, 1.82) is 0 Å². The number of thiazole rings is 1. The van der Waals surface area contributed by atoms with Gasteiger partial charge in [0, 0.05) is 48.9 Å². The summed E-state index contributed by atoms with van der Waals surface area (Å²) in [4.78, 5) is 29.9. The van der Waals surface area contributed by atoms with E-state index in [1.165, 1.54) is 6.92 Å². The van der Waals surface area contributed by atoms with Crippen LogP contribution in [0.4, 0.5) is 10.8 Å². The zero-order valence-corrected chi connectivity index (χ0v) is 14.3. The van der Waals surface area contributed by atoms with Gasteiger partial charge in [-0.05, 0) is 37.1 Å². The largest absolute Gasteiger partial charge is 0.350 e. The highest BCUT2D eigenvalue weighted by atomic mass is 32.1. The lowest BCUT2D eigenvalue weighted by Gasteiger charge is -2.24. The van der Waals surface area contributed by atoms with Crippen LogP contribution in [0.25, 0.3) is 0 Å². The van der Waals surface area contributed by atoms with Crippen LogP contribution in [0.5, 0.6) is 0 Å². The minimum absolute atomic E-state index is 0.102. The van der Waals surface area contributed by atoms with Crippen molar-refractivity contribution in [3.63, 3.8) is 0 Å². The molecule has 0 bridgehead atoms. The molecule has 1 aliphatic heterocycles. The third-order valence-corrected chi connectivity index (χ3v) is 4.82. The fraction of sp³-hybridized carbons (Fsp3) is 0.353. The fourth-order valence-corrected chi connectivity index (χ4v) is 3.62. The van der Waals surface area contributed by atoms with Gasteiger partial charge in [0.15, 0.2) is 5.13 Å². The predicted molar refractivity (Wildman–Crippen MR) is 95.6 cm³/mol. The summed E-state index contributed by atoms with van der Waals surface area (Å²) in [6.07, 6.45) is 3.98. The number of hydrogen-bond acceptors (Lipinski definition) is 5. The van der Waals surface area contributed by atoms with Crippen molar-refractivity contribution in [2.45, 2.75) is 25.8 Å². The molecule has 1 unspecified atom stereocenters. The Bertz CT molecular complexity index is 700. The van der Waals surface area contributed by atoms with E-state index >= 15 is 0 Å². The van der Waals surface area contributed by atoms with Gasteiger partial charge >= 0.3 is 0 Å². The van der Waals surface area contributed by atoms with Crippen molar-refractivity contribution in [2.24, 2.45) is 0 Å². The maximum atomic E-state index is 12.3. The minimum atomic E-state index is -0.129. The van der Waals surface area contributed by atoms with Crippen LogP contribution < -0.4 is 15.5 Å². The number of aromatic nitrogens is 1. The number of hydrogen-bond donors (Lipinski definition) is 2. The van der Waals surface area contributed by atoms with Crippen LogP contribution >= 0.6 is 11.3 Å². The van der Waals surface area contributed by atoms with E-state index in [1.807, 2.05) is 11.6 Å². The van der Waals surface area contributed by atoms with E-state index < -0.39 is 0 Å². The van der Waals surface area contributed by atoms with Crippen LogP contribution in [0.2, 0.25) is 0 Å². The number of rotatable bonds is 5. The Morgan fingerprint density at radius 3 is 2.79 bits per heavy atom. The van der Waals surface area contributed by atoms with Crippen molar-refractivity contribution < 1.29 is 9.59 Å². The summed E-state index contributed by atoms with van der Waals surface area (Å²) < 4.78 is 0. The molecule has 0 aliphatic carbocycles. The second kappa shape index (κ2) is 7.44. The molecule has 1 aliphatic rings. The molecule has 2 aromatic rings. The summed E-state index contributed by atoms with van der Waals surface area (Å²) in [5, 5.41) is 8.68. The molecule has 7 heteroatoms. The van der Waals surface area contributed by atoms with Gasteiger partial charge < -0.3 is 15.5 Å². The Morgan fingerprint density at radius 1 is 1.33 bits per heavy atom. The molecule has 0 saturated carbocycles. The van der Waals surface area contributed by atoms with Crippen LogP contribution in [-0.4, -0.2) is 35.9 Å². The molecule has 1 fully saturated rings. The number of benzene rings is 1. The molecule has 1 atom stereocenters. The van der Waals surface area contributed by atoms with Crippen LogP contribution in [-0.2, 0) is 4.79 Å². The van der Waals surface area contributed by atoms with E-state index in [0.29, 0.717) is 23.8 Å². The minimum Gasteiger partial charge on any atom is -0.350 e. The molecule has 2 heterocycles. The molecule has 1 aromatic carbocycles. The molecular weight excluding hydrogens is 324 g/mol. The van der Waals surface area contributed by atoms with Crippen molar-refractivity contribution in [3.05, 3.63) is 41.4 Å². The van der Waals surface area contributed by atoms with Gasteiger partial charge in [0.1, 0.15) is 0 Å². The van der Waals surface area contributed by atoms with Crippen molar-refractivity contribution in [1.82, 2.24) is 10.3 Å². The van der Waals surface area contributed by atoms with Crippen molar-refractivity contribution >= 4 is 34.0 Å². The molecule has 126 valence electrons. The average molecular weight is 344 g/mol. The number of amides is 2. The highest BCUT2D eigenvalue weighted by Crippen LogP contribution is 2.26. The van der Waals surface area contributed by atoms with Crippen molar-refractivity contribution in [2.75, 3.05) is 23.3 Å². The smallest absolute Gasteiger partial charge is 0.251 e. The van der Waals surface area contributed by atoms with Gasteiger partial charge in [-0.1, -0.05) is 0 Å². The lowest BCUT2D eigenvalue weighted by molar-refractivity contribution is -0.114. The average Bonchev–Trinajstić information content (AvgIpc) is 3.23. The highest BCUT2D eigenvalue weighted by Gasteiger charge is 2.26. The van der Waals surface area contributed by atoms with E-state index in [0.717, 1.165) is 24.5 Å². The second-order valence-corrected chi connectivity index (χ2v) is 6.65. The summed E-state index contributed by atoms with van der Waals surface area (Å²) in [5.41, 5.74) is 1.27. The molecule has 24 heavy (non-hydrogen) atoms. The number of carbonyl (C=O) groups excluding carboxylic acids is 2. The van der Waals surface area contributed by atoms with Gasteiger partial charge in [-0.25, -0.2) is 4.98 Å². The molecule has 2 amide bonds. The van der Waals surface area contributed by atoms with Gasteiger partial charge in [0.05, 0.1) is 0 Å². The summed E-state index contributed by atoms with van der Waals surface area (Å²) in [5.74, 6) is -0.230. The summed E-state index contributed by atoms with van der Waals surface area (Å²) in [7, 11) is 0. The van der Waals surface area contributed by atoms with E-state index in [-0.39, 0.29) is 11.8 Å². The quantitative estimate of drug-likeness (QED) is 0.874. The molecule has 2 N–H and O–H groups in total. The first-order chi connectivity index (χ1) is 11.6. The Hall–Kier alpha value is -2.41. The van der Waals surface area contributed by atoms with Crippen LogP contribution in [0, 0.1) is 0 Å². The van der Waals surface area contributed by atoms with E-state index in [9.17, 15) is 9.59 Å². The highest BCUT2D eigenvalue weighted by molar-refractivity contribution is 7.13. The normalized spacial score (nSPS) is 16.9.